The Hall–Kier alpha value is -3.66. The standard InChI is InChI=1S/C29H25Cl2NO7S/c1-4-6-18-11-17(12-24(37-5-2)26(18)38-16-19-7-8-20(30)14-22(19)31)13-25-27(33)32(29(35)40-25)15-21-9-10-23(39-21)28(34)36-3/h4,7-14H,1,5-6,15-16H2,2-3H3/b25-13+. The quantitative estimate of drug-likeness (QED) is 0.128. The molecule has 8 nitrogen and oxygen atoms in total. The van der Waals surface area contributed by atoms with Crippen molar-refractivity contribution in [1.29, 1.82) is 0 Å². The van der Waals surface area contributed by atoms with Crippen LogP contribution in [0.5, 0.6) is 11.5 Å². The number of hydrogen-bond donors (Lipinski definition) is 0. The van der Waals surface area contributed by atoms with E-state index in [4.69, 9.17) is 37.1 Å². The number of ether oxygens (including phenoxy) is 3. The van der Waals surface area contributed by atoms with Crippen molar-refractivity contribution in [3.8, 4) is 11.5 Å². The maximum Gasteiger partial charge on any atom is 0.373 e. The average Bonchev–Trinajstić information content (AvgIpc) is 3.49. The third-order valence-electron chi connectivity index (χ3n) is 5.74. The van der Waals surface area contributed by atoms with Crippen molar-refractivity contribution in [3.63, 3.8) is 0 Å². The van der Waals surface area contributed by atoms with Gasteiger partial charge in [-0.1, -0.05) is 35.3 Å². The van der Waals surface area contributed by atoms with Crippen molar-refractivity contribution in [1.82, 2.24) is 4.90 Å². The van der Waals surface area contributed by atoms with Crippen LogP contribution in [-0.4, -0.2) is 35.7 Å². The average molecular weight is 602 g/mol. The van der Waals surface area contributed by atoms with E-state index in [9.17, 15) is 14.4 Å². The van der Waals surface area contributed by atoms with Gasteiger partial charge in [-0.15, -0.1) is 6.58 Å². The van der Waals surface area contributed by atoms with Gasteiger partial charge in [0.25, 0.3) is 11.1 Å². The fourth-order valence-corrected chi connectivity index (χ4v) is 5.21. The molecule has 1 fully saturated rings. The second-order valence-corrected chi connectivity index (χ2v) is 10.3. The van der Waals surface area contributed by atoms with Crippen molar-refractivity contribution in [3.05, 3.63) is 98.3 Å². The van der Waals surface area contributed by atoms with Crippen molar-refractivity contribution in [2.75, 3.05) is 13.7 Å². The highest BCUT2D eigenvalue weighted by molar-refractivity contribution is 8.18. The second kappa shape index (κ2) is 13.1. The molecule has 3 aromatic rings. The predicted molar refractivity (Wildman–Crippen MR) is 154 cm³/mol. The minimum Gasteiger partial charge on any atom is -0.490 e. The zero-order valence-electron chi connectivity index (χ0n) is 21.7. The van der Waals surface area contributed by atoms with Gasteiger partial charge in [0.1, 0.15) is 12.4 Å². The molecule has 0 spiro atoms. The van der Waals surface area contributed by atoms with Crippen LogP contribution in [0, 0.1) is 0 Å². The molecule has 1 aliphatic heterocycles. The van der Waals surface area contributed by atoms with E-state index in [0.29, 0.717) is 40.1 Å². The lowest BCUT2D eigenvalue weighted by Gasteiger charge is -2.17. The first-order chi connectivity index (χ1) is 19.2. The number of thioether (sulfide) groups is 1. The molecule has 0 radical (unpaired) electrons. The second-order valence-electron chi connectivity index (χ2n) is 8.48. The van der Waals surface area contributed by atoms with Crippen LogP contribution in [0.15, 0.2) is 64.4 Å². The summed E-state index contributed by atoms with van der Waals surface area (Å²) in [7, 11) is 1.23. The van der Waals surface area contributed by atoms with Crippen LogP contribution in [0.1, 0.15) is 39.9 Å². The number of allylic oxidation sites excluding steroid dienone is 1. The summed E-state index contributed by atoms with van der Waals surface area (Å²) < 4.78 is 22.1. The molecule has 11 heteroatoms. The highest BCUT2D eigenvalue weighted by Gasteiger charge is 2.36. The van der Waals surface area contributed by atoms with Gasteiger partial charge < -0.3 is 18.6 Å². The summed E-state index contributed by atoms with van der Waals surface area (Å²) in [5, 5.41) is 0.558. The number of halogens is 2. The number of esters is 1. The summed E-state index contributed by atoms with van der Waals surface area (Å²) in [6.45, 7) is 6.14. The number of benzene rings is 2. The molecule has 0 unspecified atom stereocenters. The van der Waals surface area contributed by atoms with E-state index in [1.807, 2.05) is 13.0 Å². The molecule has 0 aliphatic carbocycles. The molecule has 4 rings (SSSR count). The van der Waals surface area contributed by atoms with Crippen molar-refractivity contribution < 1.29 is 33.0 Å². The molecule has 2 amide bonds. The van der Waals surface area contributed by atoms with Gasteiger partial charge in [-0.05, 0) is 73.1 Å². The molecule has 0 N–H and O–H groups in total. The van der Waals surface area contributed by atoms with Gasteiger partial charge in [0.15, 0.2) is 11.5 Å². The van der Waals surface area contributed by atoms with Gasteiger partial charge in [-0.25, -0.2) is 4.79 Å². The largest absolute Gasteiger partial charge is 0.490 e. The van der Waals surface area contributed by atoms with E-state index >= 15 is 0 Å². The summed E-state index contributed by atoms with van der Waals surface area (Å²) in [6, 6.07) is 11.7. The number of furan rings is 1. The Bertz CT molecular complexity index is 1500. The zero-order chi connectivity index (χ0) is 28.8. The van der Waals surface area contributed by atoms with E-state index in [1.165, 1.54) is 19.2 Å². The molecule has 0 atom stereocenters. The normalized spacial score (nSPS) is 14.1. The molecular formula is C29H25Cl2NO7S. The molecule has 1 aliphatic rings. The number of carbonyl (C=O) groups excluding carboxylic acids is 3. The van der Waals surface area contributed by atoms with Crippen molar-refractivity contribution >= 4 is 58.2 Å². The zero-order valence-corrected chi connectivity index (χ0v) is 24.0. The van der Waals surface area contributed by atoms with Gasteiger partial charge in [0, 0.05) is 21.2 Å². The van der Waals surface area contributed by atoms with Gasteiger partial charge in [-0.2, -0.15) is 0 Å². The lowest BCUT2D eigenvalue weighted by molar-refractivity contribution is -0.123. The van der Waals surface area contributed by atoms with Crippen LogP contribution in [0.2, 0.25) is 10.0 Å². The monoisotopic (exact) mass is 601 g/mol. The molecule has 1 aromatic heterocycles. The lowest BCUT2D eigenvalue weighted by atomic mass is 10.0. The van der Waals surface area contributed by atoms with Crippen molar-refractivity contribution in [2.24, 2.45) is 0 Å². The number of methoxy groups -OCH3 is 1. The van der Waals surface area contributed by atoms with Crippen molar-refractivity contribution in [2.45, 2.75) is 26.5 Å². The first-order valence-electron chi connectivity index (χ1n) is 12.1. The van der Waals surface area contributed by atoms with Crippen LogP contribution in [0.25, 0.3) is 6.08 Å². The fourth-order valence-electron chi connectivity index (χ4n) is 3.91. The Kier molecular flexibility index (Phi) is 9.63. The van der Waals surface area contributed by atoms with Gasteiger partial charge in [-0.3, -0.25) is 14.5 Å². The number of nitrogens with zero attached hydrogens (tertiary/aromatic N) is 1. The van der Waals surface area contributed by atoms with Crippen LogP contribution >= 0.6 is 35.0 Å². The first kappa shape index (κ1) is 29.3. The van der Waals surface area contributed by atoms with Gasteiger partial charge in [0.2, 0.25) is 5.76 Å². The first-order valence-corrected chi connectivity index (χ1v) is 13.7. The molecule has 2 heterocycles. The van der Waals surface area contributed by atoms with Gasteiger partial charge >= 0.3 is 5.97 Å². The summed E-state index contributed by atoms with van der Waals surface area (Å²) >= 11 is 13.1. The Morgan fingerprint density at radius 1 is 1.10 bits per heavy atom. The van der Waals surface area contributed by atoms with E-state index in [-0.39, 0.29) is 29.6 Å². The maximum atomic E-state index is 13.1. The third kappa shape index (κ3) is 6.72. The Morgan fingerprint density at radius 3 is 2.60 bits per heavy atom. The van der Waals surface area contributed by atoms with E-state index < -0.39 is 17.1 Å². The topological polar surface area (TPSA) is 95.3 Å². The summed E-state index contributed by atoms with van der Waals surface area (Å²) in [5.41, 5.74) is 2.18. The number of imide groups is 1. The summed E-state index contributed by atoms with van der Waals surface area (Å²) in [6.07, 6.45) is 3.83. The Balaban J connectivity index is 1.59. The van der Waals surface area contributed by atoms with E-state index in [2.05, 4.69) is 11.3 Å². The number of hydrogen-bond acceptors (Lipinski definition) is 8. The maximum absolute atomic E-state index is 13.1. The molecule has 0 bridgehead atoms. The molecular weight excluding hydrogens is 577 g/mol. The highest BCUT2D eigenvalue weighted by atomic mass is 35.5. The van der Waals surface area contributed by atoms with Crippen LogP contribution < -0.4 is 9.47 Å². The number of rotatable bonds is 11. The van der Waals surface area contributed by atoms with Crippen LogP contribution in [0.4, 0.5) is 4.79 Å². The van der Waals surface area contributed by atoms with E-state index in [0.717, 1.165) is 27.8 Å². The highest BCUT2D eigenvalue weighted by Crippen LogP contribution is 2.38. The predicted octanol–water partition coefficient (Wildman–Crippen LogP) is 7.32. The SMILES string of the molecule is C=CCc1cc(/C=C2/SC(=O)N(Cc3ccc(C(=O)OC)o3)C2=O)cc(OCC)c1OCc1ccc(Cl)cc1Cl. The number of amides is 2. The number of carbonyl (C=O) groups is 3. The Labute approximate surface area is 245 Å². The fraction of sp³-hybridized carbons (Fsp3) is 0.207. The van der Waals surface area contributed by atoms with Gasteiger partial charge in [0.05, 0.1) is 25.2 Å². The molecule has 0 saturated carbocycles. The molecule has 40 heavy (non-hydrogen) atoms. The van der Waals surface area contributed by atoms with E-state index in [1.54, 1.807) is 36.4 Å². The molecule has 1 saturated heterocycles. The van der Waals surface area contributed by atoms with Crippen LogP contribution in [-0.2, 0) is 29.1 Å². The molecule has 208 valence electrons. The molecule has 2 aromatic carbocycles. The third-order valence-corrected chi connectivity index (χ3v) is 7.23. The minimum absolute atomic E-state index is 0.0149. The minimum atomic E-state index is -0.649. The smallest absolute Gasteiger partial charge is 0.373 e. The lowest BCUT2D eigenvalue weighted by Crippen LogP contribution is -2.27. The Morgan fingerprint density at radius 2 is 1.90 bits per heavy atom. The summed E-state index contributed by atoms with van der Waals surface area (Å²) in [4.78, 5) is 38.7. The van der Waals surface area contributed by atoms with Crippen LogP contribution in [0.3, 0.4) is 0 Å². The summed E-state index contributed by atoms with van der Waals surface area (Å²) in [5.74, 6) is 0.133.